The predicted molar refractivity (Wildman–Crippen MR) is 85.7 cm³/mol. The van der Waals surface area contributed by atoms with Crippen molar-refractivity contribution in [3.8, 4) is 0 Å². The molecule has 100 valence electrons. The van der Waals surface area contributed by atoms with Gasteiger partial charge in [-0.1, -0.05) is 51.8 Å². The van der Waals surface area contributed by atoms with Crippen LogP contribution in [0.15, 0.2) is 46.9 Å². The molecule has 0 bridgehead atoms. The summed E-state index contributed by atoms with van der Waals surface area (Å²) in [6.07, 6.45) is 1.02. The van der Waals surface area contributed by atoms with E-state index in [1.807, 2.05) is 12.1 Å². The van der Waals surface area contributed by atoms with E-state index in [2.05, 4.69) is 58.5 Å². The van der Waals surface area contributed by atoms with Gasteiger partial charge >= 0.3 is 0 Å². The third kappa shape index (κ3) is 4.64. The van der Waals surface area contributed by atoms with E-state index in [4.69, 9.17) is 11.6 Å². The maximum atomic E-state index is 5.86. The zero-order valence-electron chi connectivity index (χ0n) is 10.9. The van der Waals surface area contributed by atoms with Gasteiger partial charge in [-0.2, -0.15) is 0 Å². The lowest BCUT2D eigenvalue weighted by Crippen LogP contribution is -2.16. The second kappa shape index (κ2) is 7.09. The number of nitrogens with one attached hydrogen (secondary N) is 1. The normalized spacial score (nSPS) is 10.7. The molecular weight excluding hydrogens is 322 g/mol. The van der Waals surface area contributed by atoms with Gasteiger partial charge in [-0.15, -0.1) is 0 Å². The van der Waals surface area contributed by atoms with Gasteiger partial charge in [0.25, 0.3) is 0 Å². The van der Waals surface area contributed by atoms with Crippen molar-refractivity contribution >= 4 is 27.5 Å². The van der Waals surface area contributed by atoms with Gasteiger partial charge in [0.05, 0.1) is 0 Å². The Labute approximate surface area is 128 Å². The van der Waals surface area contributed by atoms with Gasteiger partial charge in [-0.3, -0.25) is 0 Å². The van der Waals surface area contributed by atoms with E-state index in [9.17, 15) is 0 Å². The largest absolute Gasteiger partial charge is 0.312 e. The van der Waals surface area contributed by atoms with Crippen LogP contribution in [0.3, 0.4) is 0 Å². The Kier molecular flexibility index (Phi) is 5.44. The van der Waals surface area contributed by atoms with Crippen LogP contribution in [0.1, 0.15) is 16.7 Å². The first-order valence-electron chi connectivity index (χ1n) is 6.35. The van der Waals surface area contributed by atoms with Crippen LogP contribution < -0.4 is 5.32 Å². The van der Waals surface area contributed by atoms with Gasteiger partial charge in [0.2, 0.25) is 0 Å². The Morgan fingerprint density at radius 2 is 1.74 bits per heavy atom. The molecule has 2 aromatic rings. The van der Waals surface area contributed by atoms with Crippen LogP contribution in [0, 0.1) is 6.92 Å². The molecule has 0 atom stereocenters. The Morgan fingerprint density at radius 1 is 1.05 bits per heavy atom. The molecule has 2 rings (SSSR count). The van der Waals surface area contributed by atoms with Crippen molar-refractivity contribution in [3.05, 3.63) is 68.7 Å². The van der Waals surface area contributed by atoms with Gasteiger partial charge < -0.3 is 5.32 Å². The molecule has 0 aliphatic heterocycles. The molecule has 19 heavy (non-hydrogen) atoms. The van der Waals surface area contributed by atoms with E-state index in [1.54, 1.807) is 0 Å². The van der Waals surface area contributed by atoms with E-state index < -0.39 is 0 Å². The Bertz CT molecular complexity index is 537. The van der Waals surface area contributed by atoms with Crippen LogP contribution >= 0.6 is 27.5 Å². The second-order valence-electron chi connectivity index (χ2n) is 4.64. The van der Waals surface area contributed by atoms with Crippen molar-refractivity contribution in [1.29, 1.82) is 0 Å². The molecule has 2 aromatic carbocycles. The molecule has 0 unspecified atom stereocenters. The maximum Gasteiger partial charge on any atom is 0.0406 e. The average molecular weight is 339 g/mol. The van der Waals surface area contributed by atoms with Crippen molar-refractivity contribution in [2.24, 2.45) is 0 Å². The maximum absolute atomic E-state index is 5.86. The Morgan fingerprint density at radius 3 is 2.42 bits per heavy atom. The van der Waals surface area contributed by atoms with Crippen LogP contribution in [-0.2, 0) is 13.0 Å². The molecule has 0 aliphatic rings. The zero-order valence-corrected chi connectivity index (χ0v) is 13.3. The van der Waals surface area contributed by atoms with Gasteiger partial charge in [-0.05, 0) is 54.8 Å². The lowest BCUT2D eigenvalue weighted by atomic mass is 10.1. The first-order chi connectivity index (χ1) is 9.15. The van der Waals surface area contributed by atoms with Crippen LogP contribution in [0.4, 0.5) is 0 Å². The summed E-state index contributed by atoms with van der Waals surface area (Å²) < 4.78 is 1.16. The molecule has 0 fully saturated rings. The molecule has 0 saturated carbocycles. The molecular formula is C16H17BrClN. The first-order valence-corrected chi connectivity index (χ1v) is 7.52. The lowest BCUT2D eigenvalue weighted by molar-refractivity contribution is 0.686. The minimum Gasteiger partial charge on any atom is -0.312 e. The van der Waals surface area contributed by atoms with Gasteiger partial charge in [0.1, 0.15) is 0 Å². The third-order valence-electron chi connectivity index (χ3n) is 3.06. The fourth-order valence-electron chi connectivity index (χ4n) is 1.93. The Balaban J connectivity index is 1.77. The van der Waals surface area contributed by atoms with Crippen LogP contribution in [-0.4, -0.2) is 6.54 Å². The second-order valence-corrected chi connectivity index (χ2v) is 5.93. The number of rotatable bonds is 5. The molecule has 0 heterocycles. The van der Waals surface area contributed by atoms with Gasteiger partial charge in [0.15, 0.2) is 0 Å². The van der Waals surface area contributed by atoms with E-state index >= 15 is 0 Å². The van der Waals surface area contributed by atoms with Crippen LogP contribution in [0.25, 0.3) is 0 Å². The fourth-order valence-corrected chi connectivity index (χ4v) is 2.31. The summed E-state index contributed by atoms with van der Waals surface area (Å²) in [7, 11) is 0. The molecule has 1 nitrogen and oxygen atoms in total. The summed E-state index contributed by atoms with van der Waals surface area (Å²) in [5.41, 5.74) is 3.90. The molecule has 0 aromatic heterocycles. The zero-order chi connectivity index (χ0) is 13.7. The number of aryl methyl sites for hydroxylation is 1. The number of benzene rings is 2. The molecule has 0 aliphatic carbocycles. The topological polar surface area (TPSA) is 12.0 Å². The lowest BCUT2D eigenvalue weighted by Gasteiger charge is -2.07. The molecule has 0 saturated heterocycles. The van der Waals surface area contributed by atoms with Crippen molar-refractivity contribution in [3.63, 3.8) is 0 Å². The summed E-state index contributed by atoms with van der Waals surface area (Å²) >= 11 is 9.38. The highest BCUT2D eigenvalue weighted by atomic mass is 79.9. The minimum absolute atomic E-state index is 0.794. The molecule has 0 amide bonds. The quantitative estimate of drug-likeness (QED) is 0.776. The molecule has 0 spiro atoms. The third-order valence-corrected chi connectivity index (χ3v) is 4.20. The van der Waals surface area contributed by atoms with Gasteiger partial charge in [0, 0.05) is 16.0 Å². The number of hydrogen-bond donors (Lipinski definition) is 1. The standard InChI is InChI=1S/C16H17BrClN/c1-12-10-14(4-7-16(12)17)11-19-9-8-13-2-5-15(18)6-3-13/h2-7,10,19H,8-9,11H2,1H3. The van der Waals surface area contributed by atoms with Gasteiger partial charge in [-0.25, -0.2) is 0 Å². The van der Waals surface area contributed by atoms with Crippen LogP contribution in [0.2, 0.25) is 5.02 Å². The monoisotopic (exact) mass is 337 g/mol. The van der Waals surface area contributed by atoms with Crippen molar-refractivity contribution < 1.29 is 0 Å². The van der Waals surface area contributed by atoms with Crippen molar-refractivity contribution in [2.45, 2.75) is 19.9 Å². The number of hydrogen-bond acceptors (Lipinski definition) is 1. The van der Waals surface area contributed by atoms with Crippen molar-refractivity contribution in [2.75, 3.05) is 6.54 Å². The summed E-state index contributed by atoms with van der Waals surface area (Å²) in [6, 6.07) is 14.5. The van der Waals surface area contributed by atoms with E-state index in [0.29, 0.717) is 0 Å². The molecule has 3 heteroatoms. The Hall–Kier alpha value is -0.830. The summed E-state index contributed by atoms with van der Waals surface area (Å²) in [5, 5.41) is 4.26. The van der Waals surface area contributed by atoms with E-state index in [0.717, 1.165) is 29.0 Å². The summed E-state index contributed by atoms with van der Waals surface area (Å²) in [5.74, 6) is 0. The van der Waals surface area contributed by atoms with Crippen LogP contribution in [0.5, 0.6) is 0 Å². The predicted octanol–water partition coefficient (Wildman–Crippen LogP) is 4.74. The fraction of sp³-hybridized carbons (Fsp3) is 0.250. The minimum atomic E-state index is 0.794. The highest BCUT2D eigenvalue weighted by Gasteiger charge is 1.98. The molecule has 1 N–H and O–H groups in total. The smallest absolute Gasteiger partial charge is 0.0406 e. The summed E-state index contributed by atoms with van der Waals surface area (Å²) in [4.78, 5) is 0. The van der Waals surface area contributed by atoms with E-state index in [1.165, 1.54) is 16.7 Å². The van der Waals surface area contributed by atoms with E-state index in [-0.39, 0.29) is 0 Å². The molecule has 0 radical (unpaired) electrons. The highest BCUT2D eigenvalue weighted by molar-refractivity contribution is 9.10. The summed E-state index contributed by atoms with van der Waals surface area (Å²) in [6.45, 7) is 3.99. The number of halogens is 2. The SMILES string of the molecule is Cc1cc(CNCCc2ccc(Cl)cc2)ccc1Br. The first kappa shape index (κ1) is 14.6. The van der Waals surface area contributed by atoms with Crippen molar-refractivity contribution in [1.82, 2.24) is 5.32 Å². The average Bonchev–Trinajstić information content (AvgIpc) is 2.41. The highest BCUT2D eigenvalue weighted by Crippen LogP contribution is 2.17.